The van der Waals surface area contributed by atoms with E-state index in [1.807, 2.05) is 36.4 Å². The standard InChI is InChI=1S/C15H14BrNO/c1-12-5-7-13(8-6-12)11-18-17-10-14-3-2-4-15(16)9-14/h2-10H,11H2,1H3. The second kappa shape index (κ2) is 6.36. The van der Waals surface area contributed by atoms with E-state index in [2.05, 4.69) is 40.1 Å². The van der Waals surface area contributed by atoms with Crippen molar-refractivity contribution in [2.75, 3.05) is 0 Å². The monoisotopic (exact) mass is 303 g/mol. The minimum absolute atomic E-state index is 0.491. The number of aryl methyl sites for hydroxylation is 1. The molecule has 0 aromatic heterocycles. The molecule has 0 heterocycles. The first-order valence-corrected chi connectivity index (χ1v) is 6.50. The highest BCUT2D eigenvalue weighted by atomic mass is 79.9. The van der Waals surface area contributed by atoms with Gasteiger partial charge in [-0.1, -0.05) is 63.0 Å². The van der Waals surface area contributed by atoms with E-state index in [9.17, 15) is 0 Å². The zero-order chi connectivity index (χ0) is 12.8. The van der Waals surface area contributed by atoms with Crippen LogP contribution in [0.2, 0.25) is 0 Å². The number of benzene rings is 2. The molecule has 18 heavy (non-hydrogen) atoms. The number of hydrogen-bond donors (Lipinski definition) is 0. The van der Waals surface area contributed by atoms with E-state index < -0.39 is 0 Å². The Labute approximate surface area is 115 Å². The van der Waals surface area contributed by atoms with Crippen LogP contribution in [0, 0.1) is 6.92 Å². The minimum Gasteiger partial charge on any atom is -0.391 e. The highest BCUT2D eigenvalue weighted by Crippen LogP contribution is 2.10. The van der Waals surface area contributed by atoms with E-state index >= 15 is 0 Å². The molecule has 0 unspecified atom stereocenters. The lowest BCUT2D eigenvalue weighted by molar-refractivity contribution is 0.132. The van der Waals surface area contributed by atoms with Gasteiger partial charge >= 0.3 is 0 Å². The lowest BCUT2D eigenvalue weighted by Gasteiger charge is -2.00. The van der Waals surface area contributed by atoms with E-state index in [1.165, 1.54) is 5.56 Å². The summed E-state index contributed by atoms with van der Waals surface area (Å²) in [6.45, 7) is 2.56. The topological polar surface area (TPSA) is 21.6 Å². The van der Waals surface area contributed by atoms with E-state index in [0.29, 0.717) is 6.61 Å². The van der Waals surface area contributed by atoms with Crippen LogP contribution in [0.5, 0.6) is 0 Å². The Kier molecular flexibility index (Phi) is 4.53. The van der Waals surface area contributed by atoms with Crippen molar-refractivity contribution in [1.82, 2.24) is 0 Å². The zero-order valence-corrected chi connectivity index (χ0v) is 11.7. The molecule has 0 radical (unpaired) electrons. The van der Waals surface area contributed by atoms with Crippen LogP contribution in [-0.2, 0) is 11.4 Å². The van der Waals surface area contributed by atoms with Gasteiger partial charge in [0.25, 0.3) is 0 Å². The van der Waals surface area contributed by atoms with Crippen molar-refractivity contribution in [2.24, 2.45) is 5.16 Å². The van der Waals surface area contributed by atoms with Crippen molar-refractivity contribution < 1.29 is 4.84 Å². The van der Waals surface area contributed by atoms with Gasteiger partial charge in [-0.05, 0) is 30.2 Å². The summed E-state index contributed by atoms with van der Waals surface area (Å²) in [4.78, 5) is 5.26. The van der Waals surface area contributed by atoms with Crippen LogP contribution in [-0.4, -0.2) is 6.21 Å². The zero-order valence-electron chi connectivity index (χ0n) is 10.1. The summed E-state index contributed by atoms with van der Waals surface area (Å²) in [5.74, 6) is 0. The highest BCUT2D eigenvalue weighted by Gasteiger charge is 1.92. The van der Waals surface area contributed by atoms with Gasteiger partial charge in [-0.2, -0.15) is 0 Å². The molecule has 0 bridgehead atoms. The van der Waals surface area contributed by atoms with Crippen LogP contribution in [0.15, 0.2) is 58.2 Å². The second-order valence-corrected chi connectivity index (χ2v) is 4.96. The number of halogens is 1. The molecule has 92 valence electrons. The molecule has 2 rings (SSSR count). The molecule has 2 aromatic rings. The largest absolute Gasteiger partial charge is 0.391 e. The summed E-state index contributed by atoms with van der Waals surface area (Å²) in [7, 11) is 0. The van der Waals surface area contributed by atoms with Gasteiger partial charge in [-0.3, -0.25) is 0 Å². The number of hydrogen-bond acceptors (Lipinski definition) is 2. The van der Waals surface area contributed by atoms with Gasteiger partial charge in [-0.25, -0.2) is 0 Å². The quantitative estimate of drug-likeness (QED) is 0.609. The van der Waals surface area contributed by atoms with Crippen molar-refractivity contribution in [3.63, 3.8) is 0 Å². The first-order chi connectivity index (χ1) is 8.74. The smallest absolute Gasteiger partial charge is 0.142 e. The second-order valence-electron chi connectivity index (χ2n) is 4.05. The van der Waals surface area contributed by atoms with Crippen LogP contribution in [0.4, 0.5) is 0 Å². The Morgan fingerprint density at radius 1 is 1.17 bits per heavy atom. The summed E-state index contributed by atoms with van der Waals surface area (Å²) in [5, 5.41) is 3.95. The first-order valence-electron chi connectivity index (χ1n) is 5.70. The molecule has 0 aliphatic heterocycles. The summed E-state index contributed by atoms with van der Waals surface area (Å²) >= 11 is 3.41. The fourth-order valence-electron chi connectivity index (χ4n) is 1.48. The van der Waals surface area contributed by atoms with Crippen LogP contribution in [0.1, 0.15) is 16.7 Å². The summed E-state index contributed by atoms with van der Waals surface area (Å²) in [5.41, 5.74) is 3.37. The van der Waals surface area contributed by atoms with E-state index in [1.54, 1.807) is 6.21 Å². The molecular formula is C15H14BrNO. The third kappa shape index (κ3) is 4.00. The average Bonchev–Trinajstić information content (AvgIpc) is 2.37. The molecular weight excluding hydrogens is 290 g/mol. The third-order valence-electron chi connectivity index (χ3n) is 2.48. The summed E-state index contributed by atoms with van der Waals surface area (Å²) in [6.07, 6.45) is 1.71. The van der Waals surface area contributed by atoms with Crippen molar-refractivity contribution in [2.45, 2.75) is 13.5 Å². The Bertz CT molecular complexity index is 534. The number of rotatable bonds is 4. The number of oxime groups is 1. The SMILES string of the molecule is Cc1ccc(CON=Cc2cccc(Br)c2)cc1. The van der Waals surface area contributed by atoms with Crippen LogP contribution in [0.3, 0.4) is 0 Å². The maximum Gasteiger partial charge on any atom is 0.142 e. The van der Waals surface area contributed by atoms with Gasteiger partial charge < -0.3 is 4.84 Å². The van der Waals surface area contributed by atoms with Crippen molar-refractivity contribution in [1.29, 1.82) is 0 Å². The molecule has 0 aliphatic carbocycles. The predicted molar refractivity (Wildman–Crippen MR) is 77.7 cm³/mol. The molecule has 0 N–H and O–H groups in total. The highest BCUT2D eigenvalue weighted by molar-refractivity contribution is 9.10. The maximum atomic E-state index is 5.26. The fraction of sp³-hybridized carbons (Fsp3) is 0.133. The van der Waals surface area contributed by atoms with Crippen LogP contribution < -0.4 is 0 Å². The third-order valence-corrected chi connectivity index (χ3v) is 2.97. The van der Waals surface area contributed by atoms with Crippen LogP contribution >= 0.6 is 15.9 Å². The normalized spacial score (nSPS) is 10.8. The first kappa shape index (κ1) is 12.8. The van der Waals surface area contributed by atoms with Gasteiger partial charge in [-0.15, -0.1) is 0 Å². The van der Waals surface area contributed by atoms with Gasteiger partial charge in [0.2, 0.25) is 0 Å². The molecule has 3 heteroatoms. The van der Waals surface area contributed by atoms with Gasteiger partial charge in [0, 0.05) is 4.47 Å². The molecule has 0 amide bonds. The molecule has 2 nitrogen and oxygen atoms in total. The van der Waals surface area contributed by atoms with Crippen molar-refractivity contribution >= 4 is 22.1 Å². The van der Waals surface area contributed by atoms with Crippen molar-refractivity contribution in [3.8, 4) is 0 Å². The Morgan fingerprint density at radius 2 is 1.94 bits per heavy atom. The molecule has 0 fully saturated rings. The van der Waals surface area contributed by atoms with E-state index in [-0.39, 0.29) is 0 Å². The predicted octanol–water partition coefficient (Wildman–Crippen LogP) is 4.31. The molecule has 0 saturated carbocycles. The Morgan fingerprint density at radius 3 is 2.67 bits per heavy atom. The summed E-state index contributed by atoms with van der Waals surface area (Å²) in [6, 6.07) is 16.1. The van der Waals surface area contributed by atoms with Crippen LogP contribution in [0.25, 0.3) is 0 Å². The maximum absolute atomic E-state index is 5.26. The Balaban J connectivity index is 1.87. The molecule has 0 spiro atoms. The lowest BCUT2D eigenvalue weighted by atomic mass is 10.2. The van der Waals surface area contributed by atoms with E-state index in [4.69, 9.17) is 4.84 Å². The average molecular weight is 304 g/mol. The minimum atomic E-state index is 0.491. The molecule has 0 aliphatic rings. The molecule has 0 atom stereocenters. The van der Waals surface area contributed by atoms with Gasteiger partial charge in [0.1, 0.15) is 6.61 Å². The number of nitrogens with zero attached hydrogens (tertiary/aromatic N) is 1. The summed E-state index contributed by atoms with van der Waals surface area (Å²) < 4.78 is 1.03. The molecule has 2 aromatic carbocycles. The Hall–Kier alpha value is -1.61. The fourth-order valence-corrected chi connectivity index (χ4v) is 1.90. The molecule has 0 saturated heterocycles. The lowest BCUT2D eigenvalue weighted by Crippen LogP contribution is -1.88. The van der Waals surface area contributed by atoms with Crippen molar-refractivity contribution in [3.05, 3.63) is 69.7 Å². The van der Waals surface area contributed by atoms with Gasteiger partial charge in [0.15, 0.2) is 0 Å². The van der Waals surface area contributed by atoms with E-state index in [0.717, 1.165) is 15.6 Å². The van der Waals surface area contributed by atoms with Gasteiger partial charge in [0.05, 0.1) is 6.21 Å².